The Bertz CT molecular complexity index is 1160. The predicted octanol–water partition coefficient (Wildman–Crippen LogP) is 5.24. The molecule has 0 saturated heterocycles. The highest BCUT2D eigenvalue weighted by atomic mass is 16.5. The number of aliphatic hydroxyl groups is 2. The normalized spacial score (nSPS) is 19.7. The summed E-state index contributed by atoms with van der Waals surface area (Å²) in [5.74, 6) is 0. The van der Waals surface area contributed by atoms with Gasteiger partial charge in [0.2, 0.25) is 0 Å². The zero-order chi connectivity index (χ0) is 24.8. The van der Waals surface area contributed by atoms with Crippen LogP contribution in [0.4, 0.5) is 0 Å². The summed E-state index contributed by atoms with van der Waals surface area (Å²) in [5, 5.41) is 21.2. The highest BCUT2D eigenvalue weighted by Crippen LogP contribution is 2.41. The van der Waals surface area contributed by atoms with Gasteiger partial charge < -0.3 is 19.7 Å². The van der Waals surface area contributed by atoms with Gasteiger partial charge in [0.05, 0.1) is 13.2 Å². The van der Waals surface area contributed by atoms with Crippen molar-refractivity contribution < 1.29 is 19.7 Å². The molecule has 0 spiro atoms. The summed E-state index contributed by atoms with van der Waals surface area (Å²) in [6.45, 7) is 0.500. The molecule has 4 aromatic carbocycles. The Kier molecular flexibility index (Phi) is 7.40. The smallest absolute Gasteiger partial charge is 0.144 e. The number of aliphatic hydroxyl groups excluding tert-OH is 2. The van der Waals surface area contributed by atoms with E-state index in [0.717, 1.165) is 27.8 Å². The molecule has 0 heterocycles. The van der Waals surface area contributed by atoms with Crippen LogP contribution >= 0.6 is 0 Å². The Morgan fingerprint density at radius 3 is 1.50 bits per heavy atom. The lowest BCUT2D eigenvalue weighted by Crippen LogP contribution is -2.37. The first-order chi connectivity index (χ1) is 17.7. The molecule has 182 valence electrons. The topological polar surface area (TPSA) is 58.9 Å². The molecule has 4 nitrogen and oxygen atoms in total. The van der Waals surface area contributed by atoms with Crippen molar-refractivity contribution in [3.8, 4) is 0 Å². The Balaban J connectivity index is 1.49. The third kappa shape index (κ3) is 4.90. The molecule has 0 saturated carbocycles. The Labute approximate surface area is 212 Å². The van der Waals surface area contributed by atoms with E-state index in [4.69, 9.17) is 9.47 Å². The third-order valence-corrected chi connectivity index (χ3v) is 6.68. The van der Waals surface area contributed by atoms with Gasteiger partial charge in [-0.1, -0.05) is 121 Å². The molecular formula is C32H30O4. The van der Waals surface area contributed by atoms with Crippen LogP contribution in [-0.2, 0) is 21.7 Å². The van der Waals surface area contributed by atoms with Gasteiger partial charge in [-0.05, 0) is 33.9 Å². The van der Waals surface area contributed by atoms with Crippen LogP contribution in [0.2, 0.25) is 0 Å². The molecule has 0 aliphatic heterocycles. The zero-order valence-corrected chi connectivity index (χ0v) is 20.0. The fraction of sp³-hybridized carbons (Fsp3) is 0.188. The molecule has 3 atom stereocenters. The van der Waals surface area contributed by atoms with Gasteiger partial charge in [0.1, 0.15) is 23.9 Å². The van der Waals surface area contributed by atoms with Crippen molar-refractivity contribution in [2.24, 2.45) is 0 Å². The zero-order valence-electron chi connectivity index (χ0n) is 20.0. The van der Waals surface area contributed by atoms with Crippen LogP contribution in [-0.4, -0.2) is 35.1 Å². The second-order valence-corrected chi connectivity index (χ2v) is 9.01. The van der Waals surface area contributed by atoms with Crippen molar-refractivity contribution in [2.45, 2.75) is 30.5 Å². The molecule has 0 aromatic heterocycles. The number of rotatable bonds is 9. The monoisotopic (exact) mass is 478 g/mol. The van der Waals surface area contributed by atoms with E-state index in [0.29, 0.717) is 6.61 Å². The van der Waals surface area contributed by atoms with E-state index in [1.807, 2.05) is 84.9 Å². The van der Waals surface area contributed by atoms with E-state index < -0.39 is 23.9 Å². The minimum atomic E-state index is -1.05. The first-order valence-electron chi connectivity index (χ1n) is 12.2. The summed E-state index contributed by atoms with van der Waals surface area (Å²) in [6, 6.07) is 40.2. The van der Waals surface area contributed by atoms with E-state index in [1.54, 1.807) is 6.08 Å². The first kappa shape index (κ1) is 24.2. The van der Waals surface area contributed by atoms with Gasteiger partial charge in [0.15, 0.2) is 0 Å². The number of hydrogen-bond acceptors (Lipinski definition) is 4. The van der Waals surface area contributed by atoms with Gasteiger partial charge in [-0.2, -0.15) is 0 Å². The number of hydrogen-bond donors (Lipinski definition) is 2. The highest BCUT2D eigenvalue weighted by Gasteiger charge is 2.41. The van der Waals surface area contributed by atoms with Crippen LogP contribution in [0.5, 0.6) is 0 Å². The number of ether oxygens (including phenoxy) is 2. The summed E-state index contributed by atoms with van der Waals surface area (Å²) in [4.78, 5) is 0. The van der Waals surface area contributed by atoms with Crippen molar-refractivity contribution in [1.29, 1.82) is 0 Å². The molecule has 5 rings (SSSR count). The maximum absolute atomic E-state index is 10.7. The Hall–Kier alpha value is -3.54. The second kappa shape index (κ2) is 11.0. The highest BCUT2D eigenvalue weighted by molar-refractivity contribution is 5.47. The van der Waals surface area contributed by atoms with Crippen LogP contribution < -0.4 is 0 Å². The average molecular weight is 479 g/mol. The standard InChI is InChI=1S/C32H30O4/c33-29-21-25(31(30(29)34)35-22-24-13-5-1-6-14-24)23-36-32(26-15-7-2-8-16-26,27-17-9-3-10-18-27)28-19-11-4-12-20-28/h1-21,29-31,33-34H,22-23H2/t29-,30-,31+/m0/s1. The predicted molar refractivity (Wildman–Crippen MR) is 140 cm³/mol. The molecule has 4 heteroatoms. The summed E-state index contributed by atoms with van der Waals surface area (Å²) in [5.41, 5.74) is 3.79. The van der Waals surface area contributed by atoms with Crippen molar-refractivity contribution in [3.63, 3.8) is 0 Å². The molecule has 0 bridgehead atoms. The van der Waals surface area contributed by atoms with Gasteiger partial charge in [-0.15, -0.1) is 0 Å². The lowest BCUT2D eigenvalue weighted by Gasteiger charge is -2.36. The molecule has 0 amide bonds. The van der Waals surface area contributed by atoms with Gasteiger partial charge in [-0.25, -0.2) is 0 Å². The van der Waals surface area contributed by atoms with Crippen molar-refractivity contribution in [2.75, 3.05) is 6.61 Å². The van der Waals surface area contributed by atoms with Crippen molar-refractivity contribution >= 4 is 0 Å². The molecule has 36 heavy (non-hydrogen) atoms. The van der Waals surface area contributed by atoms with E-state index in [-0.39, 0.29) is 6.61 Å². The van der Waals surface area contributed by atoms with Crippen LogP contribution in [0.15, 0.2) is 133 Å². The van der Waals surface area contributed by atoms with Gasteiger partial charge in [0, 0.05) is 0 Å². The second-order valence-electron chi connectivity index (χ2n) is 9.01. The van der Waals surface area contributed by atoms with Crippen LogP contribution in [0.1, 0.15) is 22.3 Å². The molecule has 1 aliphatic carbocycles. The van der Waals surface area contributed by atoms with Crippen molar-refractivity contribution in [1.82, 2.24) is 0 Å². The largest absolute Gasteiger partial charge is 0.387 e. The third-order valence-electron chi connectivity index (χ3n) is 6.68. The summed E-state index contributed by atoms with van der Waals surface area (Å²) in [7, 11) is 0. The van der Waals surface area contributed by atoms with E-state index >= 15 is 0 Å². The summed E-state index contributed by atoms with van der Waals surface area (Å²) >= 11 is 0. The van der Waals surface area contributed by atoms with Crippen LogP contribution in [0, 0.1) is 0 Å². The fourth-order valence-electron chi connectivity index (χ4n) is 4.87. The van der Waals surface area contributed by atoms with Crippen LogP contribution in [0.3, 0.4) is 0 Å². The number of benzene rings is 4. The van der Waals surface area contributed by atoms with E-state index in [1.165, 1.54) is 0 Å². The maximum Gasteiger partial charge on any atom is 0.144 e. The lowest BCUT2D eigenvalue weighted by atomic mass is 9.80. The molecule has 0 unspecified atom stereocenters. The quantitative estimate of drug-likeness (QED) is 0.255. The lowest BCUT2D eigenvalue weighted by molar-refractivity contribution is -0.0611. The molecule has 0 fully saturated rings. The Morgan fingerprint density at radius 1 is 0.583 bits per heavy atom. The molecule has 4 aromatic rings. The molecule has 1 aliphatic rings. The SMILES string of the molecule is O[C@@H]1[C@H](OCc2ccccc2)C(COC(c2ccccc2)(c2ccccc2)c2ccccc2)=C[C@@H]1O. The maximum atomic E-state index is 10.7. The van der Waals surface area contributed by atoms with Gasteiger partial charge >= 0.3 is 0 Å². The van der Waals surface area contributed by atoms with Gasteiger partial charge in [-0.3, -0.25) is 0 Å². The van der Waals surface area contributed by atoms with E-state index in [2.05, 4.69) is 36.4 Å². The van der Waals surface area contributed by atoms with E-state index in [9.17, 15) is 10.2 Å². The summed E-state index contributed by atoms with van der Waals surface area (Å²) < 4.78 is 13.0. The molecule has 0 radical (unpaired) electrons. The molecular weight excluding hydrogens is 448 g/mol. The van der Waals surface area contributed by atoms with Crippen LogP contribution in [0.25, 0.3) is 0 Å². The Morgan fingerprint density at radius 2 is 1.03 bits per heavy atom. The average Bonchev–Trinajstić information content (AvgIpc) is 3.22. The minimum absolute atomic E-state index is 0.173. The summed E-state index contributed by atoms with van der Waals surface area (Å²) in [6.07, 6.45) is -1.07. The minimum Gasteiger partial charge on any atom is -0.387 e. The van der Waals surface area contributed by atoms with Crippen molar-refractivity contribution in [3.05, 3.63) is 155 Å². The molecule has 2 N–H and O–H groups in total. The fourth-order valence-corrected chi connectivity index (χ4v) is 4.87. The first-order valence-corrected chi connectivity index (χ1v) is 12.2. The van der Waals surface area contributed by atoms with Gasteiger partial charge in [0.25, 0.3) is 0 Å².